The summed E-state index contributed by atoms with van der Waals surface area (Å²) in [6, 6.07) is 9.23. The Morgan fingerprint density at radius 3 is 2.42 bits per heavy atom. The molecule has 3 N–H and O–H groups in total. The average Bonchev–Trinajstić information content (AvgIpc) is 3.13. The molecule has 1 saturated carbocycles. The Hall–Kier alpha value is -2.74. The van der Waals surface area contributed by atoms with Gasteiger partial charge in [-0.3, -0.25) is 5.10 Å². The molecule has 5 nitrogen and oxygen atoms in total. The van der Waals surface area contributed by atoms with Crippen LogP contribution in [0.25, 0.3) is 11.1 Å². The van der Waals surface area contributed by atoms with Gasteiger partial charge in [0.2, 0.25) is 5.95 Å². The molecule has 0 atom stereocenters. The van der Waals surface area contributed by atoms with Crippen molar-refractivity contribution in [3.63, 3.8) is 0 Å². The molecule has 0 spiro atoms. The number of hydrogen-bond donors (Lipinski definition) is 2. The molecule has 9 heteroatoms. The zero-order chi connectivity index (χ0) is 22.0. The van der Waals surface area contributed by atoms with Crippen LogP contribution in [-0.2, 0) is 12.6 Å². The molecule has 1 aliphatic rings. The van der Waals surface area contributed by atoms with Crippen molar-refractivity contribution >= 4 is 17.5 Å². The van der Waals surface area contributed by atoms with Gasteiger partial charge in [0.15, 0.2) is 0 Å². The number of nitrogens with two attached hydrogens (primary N) is 1. The first-order valence-electron chi connectivity index (χ1n) is 10.1. The van der Waals surface area contributed by atoms with E-state index in [0.717, 1.165) is 31.7 Å². The number of alkyl halides is 3. The summed E-state index contributed by atoms with van der Waals surface area (Å²) in [4.78, 5) is 3.94. The van der Waals surface area contributed by atoms with Crippen LogP contribution >= 0.6 is 11.6 Å². The van der Waals surface area contributed by atoms with E-state index in [-0.39, 0.29) is 29.1 Å². The summed E-state index contributed by atoms with van der Waals surface area (Å²) in [6.45, 7) is 0. The monoisotopic (exact) mass is 450 g/mol. The molecule has 1 fully saturated rings. The number of H-pyrrole nitrogens is 1. The van der Waals surface area contributed by atoms with Crippen LogP contribution in [0.2, 0.25) is 5.02 Å². The maximum atomic E-state index is 13.9. The van der Waals surface area contributed by atoms with Gasteiger partial charge in [-0.2, -0.15) is 18.2 Å². The highest BCUT2D eigenvalue weighted by molar-refractivity contribution is 6.33. The van der Waals surface area contributed by atoms with Crippen molar-refractivity contribution < 1.29 is 17.9 Å². The van der Waals surface area contributed by atoms with Crippen molar-refractivity contribution in [2.75, 3.05) is 5.73 Å². The summed E-state index contributed by atoms with van der Waals surface area (Å²) in [6.07, 6.45) is 1.19. The molecule has 31 heavy (non-hydrogen) atoms. The van der Waals surface area contributed by atoms with Gasteiger partial charge in [0.05, 0.1) is 11.7 Å². The van der Waals surface area contributed by atoms with E-state index in [1.165, 1.54) is 12.5 Å². The Morgan fingerprint density at radius 2 is 1.81 bits per heavy atom. The lowest BCUT2D eigenvalue weighted by atomic mass is 9.95. The van der Waals surface area contributed by atoms with Gasteiger partial charge in [-0.1, -0.05) is 30.2 Å². The molecule has 1 aromatic heterocycles. The van der Waals surface area contributed by atoms with E-state index in [9.17, 15) is 13.2 Å². The zero-order valence-corrected chi connectivity index (χ0v) is 17.4. The highest BCUT2D eigenvalue weighted by Gasteiger charge is 2.35. The highest BCUT2D eigenvalue weighted by Crippen LogP contribution is 2.42. The maximum Gasteiger partial charge on any atom is 0.417 e. The van der Waals surface area contributed by atoms with Crippen molar-refractivity contribution in [2.24, 2.45) is 0 Å². The van der Waals surface area contributed by atoms with E-state index >= 15 is 0 Å². The normalized spacial score (nSPS) is 15.2. The van der Waals surface area contributed by atoms with Crippen molar-refractivity contribution in [1.82, 2.24) is 15.2 Å². The van der Waals surface area contributed by atoms with Gasteiger partial charge in [-0.15, -0.1) is 5.10 Å². The molecule has 164 valence electrons. The first-order chi connectivity index (χ1) is 14.8. The molecule has 0 saturated heterocycles. The van der Waals surface area contributed by atoms with Crippen molar-refractivity contribution in [2.45, 2.75) is 50.8 Å². The van der Waals surface area contributed by atoms with Crippen LogP contribution in [0.4, 0.5) is 19.1 Å². The summed E-state index contributed by atoms with van der Waals surface area (Å²) >= 11 is 6.34. The number of nitrogens with one attached hydrogen (secondary N) is 1. The fourth-order valence-corrected chi connectivity index (χ4v) is 4.29. The number of rotatable bonds is 5. The van der Waals surface area contributed by atoms with Gasteiger partial charge in [0, 0.05) is 17.0 Å². The summed E-state index contributed by atoms with van der Waals surface area (Å²) in [5.41, 5.74) is 5.34. The fourth-order valence-electron chi connectivity index (χ4n) is 3.94. The lowest BCUT2D eigenvalue weighted by Gasteiger charge is -2.23. The lowest BCUT2D eigenvalue weighted by molar-refractivity contribution is -0.137. The van der Waals surface area contributed by atoms with Gasteiger partial charge >= 0.3 is 6.18 Å². The third kappa shape index (κ3) is 5.12. The maximum absolute atomic E-state index is 13.9. The second kappa shape index (κ2) is 8.78. The minimum atomic E-state index is -4.58. The predicted octanol–water partition coefficient (Wildman–Crippen LogP) is 6.03. The Morgan fingerprint density at radius 1 is 1.10 bits per heavy atom. The molecule has 0 unspecified atom stereocenters. The van der Waals surface area contributed by atoms with E-state index in [0.29, 0.717) is 22.7 Å². The third-order valence-electron chi connectivity index (χ3n) is 5.37. The molecule has 0 bridgehead atoms. The molecular weight excluding hydrogens is 429 g/mol. The van der Waals surface area contributed by atoms with Crippen LogP contribution < -0.4 is 10.5 Å². The number of hydrogen-bond acceptors (Lipinski definition) is 4. The Labute approximate surface area is 182 Å². The van der Waals surface area contributed by atoms with E-state index in [4.69, 9.17) is 22.1 Å². The summed E-state index contributed by atoms with van der Waals surface area (Å²) in [5, 5.41) is 6.30. The first-order valence-corrected chi connectivity index (χ1v) is 10.5. The van der Waals surface area contributed by atoms with Gasteiger partial charge in [-0.05, 0) is 61.1 Å². The van der Waals surface area contributed by atoms with Crippen LogP contribution in [0.3, 0.4) is 0 Å². The molecule has 3 aromatic rings. The lowest BCUT2D eigenvalue weighted by Crippen LogP contribution is -2.19. The van der Waals surface area contributed by atoms with Crippen LogP contribution in [0.15, 0.2) is 36.4 Å². The number of aromatic amines is 1. The summed E-state index contributed by atoms with van der Waals surface area (Å²) < 4.78 is 47.6. The second-order valence-electron chi connectivity index (χ2n) is 7.72. The number of halogens is 4. The number of aromatic nitrogens is 3. The van der Waals surface area contributed by atoms with Crippen LogP contribution in [0.5, 0.6) is 5.75 Å². The zero-order valence-electron chi connectivity index (χ0n) is 16.7. The van der Waals surface area contributed by atoms with Crippen LogP contribution in [0, 0.1) is 0 Å². The Bertz CT molecular complexity index is 1040. The summed E-state index contributed by atoms with van der Waals surface area (Å²) in [7, 11) is 0. The molecule has 0 radical (unpaired) electrons. The Balaban J connectivity index is 1.63. The van der Waals surface area contributed by atoms with Gasteiger partial charge in [0.25, 0.3) is 0 Å². The van der Waals surface area contributed by atoms with E-state index < -0.39 is 11.7 Å². The van der Waals surface area contributed by atoms with Gasteiger partial charge in [0.1, 0.15) is 11.6 Å². The molecule has 0 aliphatic heterocycles. The summed E-state index contributed by atoms with van der Waals surface area (Å²) in [5.74, 6) is 1.04. The predicted molar refractivity (Wildman–Crippen MR) is 113 cm³/mol. The minimum Gasteiger partial charge on any atom is -0.490 e. The standard InChI is InChI=1S/C22H22ClF3N4O/c23-18-11-13(12-19-28-21(27)30-29-19)10-17(22(24,25)26)20(18)14-6-8-16(9-7-14)31-15-4-2-1-3-5-15/h6-11,15H,1-5,12H2,(H3,27,28,29,30). The highest BCUT2D eigenvalue weighted by atomic mass is 35.5. The minimum absolute atomic E-state index is 0.0123. The third-order valence-corrected chi connectivity index (χ3v) is 5.67. The number of nitrogens with zero attached hydrogens (tertiary/aromatic N) is 2. The number of ether oxygens (including phenoxy) is 1. The van der Waals surface area contributed by atoms with Gasteiger partial charge in [-0.25, -0.2) is 0 Å². The number of nitrogen functional groups attached to an aromatic ring is 1. The first kappa shape index (κ1) is 21.5. The molecule has 1 aliphatic carbocycles. The molecule has 1 heterocycles. The SMILES string of the molecule is Nc1n[nH]c(Cc2cc(Cl)c(-c3ccc(OC4CCCCC4)cc3)c(C(F)(F)F)c2)n1. The Kier molecular flexibility index (Phi) is 6.09. The van der Waals surface area contributed by atoms with Crippen molar-refractivity contribution in [1.29, 1.82) is 0 Å². The molecule has 2 aromatic carbocycles. The smallest absolute Gasteiger partial charge is 0.417 e. The average molecular weight is 451 g/mol. The quantitative estimate of drug-likeness (QED) is 0.497. The van der Waals surface area contributed by atoms with Crippen molar-refractivity contribution in [3.05, 3.63) is 58.4 Å². The number of benzene rings is 2. The van der Waals surface area contributed by atoms with Gasteiger partial charge < -0.3 is 10.5 Å². The molecule has 4 rings (SSSR count). The fraction of sp³-hybridized carbons (Fsp3) is 0.364. The van der Waals surface area contributed by atoms with Crippen LogP contribution in [-0.4, -0.2) is 21.3 Å². The van der Waals surface area contributed by atoms with E-state index in [1.54, 1.807) is 24.3 Å². The van der Waals surface area contributed by atoms with E-state index in [2.05, 4.69) is 15.2 Å². The molecule has 0 amide bonds. The second-order valence-corrected chi connectivity index (χ2v) is 8.12. The van der Waals surface area contributed by atoms with E-state index in [1.807, 2.05) is 0 Å². The van der Waals surface area contributed by atoms with Crippen molar-refractivity contribution in [3.8, 4) is 16.9 Å². The largest absolute Gasteiger partial charge is 0.490 e. The van der Waals surface area contributed by atoms with Crippen LogP contribution in [0.1, 0.15) is 49.1 Å². The number of anilines is 1. The topological polar surface area (TPSA) is 76.8 Å². The molecular formula is C22H22ClF3N4O.